The zero-order chi connectivity index (χ0) is 23.3. The van der Waals surface area contributed by atoms with Gasteiger partial charge in [-0.1, -0.05) is 23.7 Å². The summed E-state index contributed by atoms with van der Waals surface area (Å²) in [7, 11) is -2.17. The van der Waals surface area contributed by atoms with Gasteiger partial charge in [0.2, 0.25) is 15.9 Å². The number of amides is 1. The number of sulfonamides is 1. The molecule has 32 heavy (non-hydrogen) atoms. The lowest BCUT2D eigenvalue weighted by Gasteiger charge is -2.31. The smallest absolute Gasteiger partial charge is 0.246 e. The number of halogens is 1. The third-order valence-electron chi connectivity index (χ3n) is 5.62. The predicted molar refractivity (Wildman–Crippen MR) is 124 cm³/mol. The number of nitrogens with one attached hydrogen (secondary N) is 1. The fourth-order valence-electron chi connectivity index (χ4n) is 3.76. The molecule has 174 valence electrons. The highest BCUT2D eigenvalue weighted by Gasteiger charge is 2.34. The average molecular weight is 481 g/mol. The Labute approximate surface area is 194 Å². The molecule has 3 rings (SSSR count). The molecule has 1 atom stereocenters. The molecule has 0 aliphatic carbocycles. The summed E-state index contributed by atoms with van der Waals surface area (Å²) >= 11 is 6.04. The highest BCUT2D eigenvalue weighted by molar-refractivity contribution is 7.89. The first-order chi connectivity index (χ1) is 15.3. The van der Waals surface area contributed by atoms with Crippen LogP contribution in [-0.4, -0.2) is 45.4 Å². The highest BCUT2D eigenvalue weighted by Crippen LogP contribution is 2.32. The van der Waals surface area contributed by atoms with Gasteiger partial charge >= 0.3 is 0 Å². The number of methoxy groups -OCH3 is 1. The van der Waals surface area contributed by atoms with Crippen LogP contribution in [0.4, 0.5) is 0 Å². The Balaban J connectivity index is 1.63. The molecule has 1 saturated heterocycles. The topological polar surface area (TPSA) is 84.9 Å². The molecule has 2 aromatic rings. The van der Waals surface area contributed by atoms with E-state index in [0.717, 1.165) is 11.3 Å². The number of ether oxygens (including phenoxy) is 2. The van der Waals surface area contributed by atoms with Crippen LogP contribution in [-0.2, 0) is 14.8 Å². The number of hydrogen-bond donors (Lipinski definition) is 1. The molecule has 0 spiro atoms. The number of carbonyl (C=O) groups is 1. The van der Waals surface area contributed by atoms with Crippen LogP contribution in [0.15, 0.2) is 47.4 Å². The Kier molecular flexibility index (Phi) is 8.03. The fraction of sp³-hybridized carbons (Fsp3) is 0.435. The summed E-state index contributed by atoms with van der Waals surface area (Å²) in [5.74, 6) is 0.731. The van der Waals surface area contributed by atoms with Gasteiger partial charge < -0.3 is 14.8 Å². The van der Waals surface area contributed by atoms with E-state index >= 15 is 0 Å². The van der Waals surface area contributed by atoms with E-state index in [2.05, 4.69) is 5.32 Å². The second-order valence-corrected chi connectivity index (χ2v) is 10.0. The first kappa shape index (κ1) is 24.4. The van der Waals surface area contributed by atoms with Crippen molar-refractivity contribution < 1.29 is 22.7 Å². The van der Waals surface area contributed by atoms with Crippen molar-refractivity contribution in [3.8, 4) is 11.5 Å². The van der Waals surface area contributed by atoms with E-state index in [1.54, 1.807) is 26.2 Å². The largest absolute Gasteiger partial charge is 0.497 e. The maximum absolute atomic E-state index is 13.2. The van der Waals surface area contributed by atoms with Crippen LogP contribution < -0.4 is 14.8 Å². The molecular weight excluding hydrogens is 452 g/mol. The average Bonchev–Trinajstić information content (AvgIpc) is 2.80. The molecule has 0 radical (unpaired) electrons. The Morgan fingerprint density at radius 3 is 2.44 bits per heavy atom. The van der Waals surface area contributed by atoms with Gasteiger partial charge in [-0.15, -0.1) is 0 Å². The molecule has 1 aliphatic heterocycles. The minimum absolute atomic E-state index is 0.0582. The quantitative estimate of drug-likeness (QED) is 0.616. The van der Waals surface area contributed by atoms with Gasteiger partial charge in [-0.05, 0) is 62.6 Å². The Morgan fingerprint density at radius 2 is 1.84 bits per heavy atom. The van der Waals surface area contributed by atoms with E-state index in [1.165, 1.54) is 10.4 Å². The van der Waals surface area contributed by atoms with Gasteiger partial charge in [0.1, 0.15) is 16.4 Å². The van der Waals surface area contributed by atoms with E-state index < -0.39 is 10.0 Å². The second-order valence-electron chi connectivity index (χ2n) is 7.71. The third kappa shape index (κ3) is 5.54. The SMILES string of the molecule is CCOc1ccc(Cl)cc1S(=O)(=O)N1CCC(C(=O)NC(C)c2ccc(OC)cc2)CC1. The van der Waals surface area contributed by atoms with E-state index in [-0.39, 0.29) is 41.6 Å². The molecule has 1 unspecified atom stereocenters. The van der Waals surface area contributed by atoms with Crippen molar-refractivity contribution in [2.45, 2.75) is 37.6 Å². The summed E-state index contributed by atoms with van der Waals surface area (Å²) in [5, 5.41) is 3.36. The van der Waals surface area contributed by atoms with Crippen LogP contribution in [0, 0.1) is 5.92 Å². The molecule has 1 aliphatic rings. The summed E-state index contributed by atoms with van der Waals surface area (Å²) in [6.07, 6.45) is 0.899. The zero-order valence-corrected chi connectivity index (χ0v) is 20.1. The molecule has 1 amide bonds. The molecule has 9 heteroatoms. The van der Waals surface area contributed by atoms with Crippen LogP contribution in [0.2, 0.25) is 5.02 Å². The maximum Gasteiger partial charge on any atom is 0.246 e. The number of hydrogen-bond acceptors (Lipinski definition) is 5. The highest BCUT2D eigenvalue weighted by atomic mass is 35.5. The van der Waals surface area contributed by atoms with Gasteiger partial charge in [-0.25, -0.2) is 8.42 Å². The van der Waals surface area contributed by atoms with Crippen molar-refractivity contribution in [1.82, 2.24) is 9.62 Å². The number of nitrogens with zero attached hydrogens (tertiary/aromatic N) is 1. The number of carbonyl (C=O) groups excluding carboxylic acids is 1. The van der Waals surface area contributed by atoms with Crippen LogP contribution in [0.1, 0.15) is 38.3 Å². The van der Waals surface area contributed by atoms with Crippen molar-refractivity contribution in [3.63, 3.8) is 0 Å². The second kappa shape index (κ2) is 10.6. The van der Waals surface area contributed by atoms with Gasteiger partial charge in [0.25, 0.3) is 0 Å². The van der Waals surface area contributed by atoms with Gasteiger partial charge in [-0.3, -0.25) is 4.79 Å². The van der Waals surface area contributed by atoms with Gasteiger partial charge in [0.15, 0.2) is 0 Å². The molecule has 7 nitrogen and oxygen atoms in total. The van der Waals surface area contributed by atoms with E-state index in [1.807, 2.05) is 31.2 Å². The van der Waals surface area contributed by atoms with E-state index in [9.17, 15) is 13.2 Å². The van der Waals surface area contributed by atoms with Crippen molar-refractivity contribution in [3.05, 3.63) is 53.1 Å². The van der Waals surface area contributed by atoms with E-state index in [4.69, 9.17) is 21.1 Å². The molecule has 0 aromatic heterocycles. The summed E-state index contributed by atoms with van der Waals surface area (Å²) in [6, 6.07) is 12.0. The van der Waals surface area contributed by atoms with Crippen LogP contribution in [0.25, 0.3) is 0 Å². The van der Waals surface area contributed by atoms with Crippen LogP contribution in [0.5, 0.6) is 11.5 Å². The molecule has 1 fully saturated rings. The van der Waals surface area contributed by atoms with Gasteiger partial charge in [-0.2, -0.15) is 4.31 Å². The Morgan fingerprint density at radius 1 is 1.19 bits per heavy atom. The van der Waals surface area contributed by atoms with Crippen LogP contribution >= 0.6 is 11.6 Å². The van der Waals surface area contributed by atoms with Gasteiger partial charge in [0.05, 0.1) is 19.8 Å². The number of rotatable bonds is 8. The molecular formula is C23H29ClN2O5S. The zero-order valence-electron chi connectivity index (χ0n) is 18.5. The van der Waals surface area contributed by atoms with Crippen molar-refractivity contribution in [2.75, 3.05) is 26.8 Å². The summed E-state index contributed by atoms with van der Waals surface area (Å²) in [5.41, 5.74) is 0.976. The number of benzene rings is 2. The Hall–Kier alpha value is -2.29. The standard InChI is InChI=1S/C23H29ClN2O5S/c1-4-31-21-10-7-19(24)15-22(21)32(28,29)26-13-11-18(12-14-26)23(27)25-16(2)17-5-8-20(30-3)9-6-17/h5-10,15-16,18H,4,11-14H2,1-3H3,(H,25,27). The first-order valence-corrected chi connectivity index (χ1v) is 12.4. The lowest BCUT2D eigenvalue weighted by atomic mass is 9.96. The summed E-state index contributed by atoms with van der Waals surface area (Å²) < 4.78 is 38.5. The number of piperidine rings is 1. The molecule has 1 N–H and O–H groups in total. The van der Waals surface area contributed by atoms with E-state index in [0.29, 0.717) is 24.5 Å². The first-order valence-electron chi connectivity index (χ1n) is 10.6. The monoisotopic (exact) mass is 480 g/mol. The minimum Gasteiger partial charge on any atom is -0.497 e. The molecule has 0 saturated carbocycles. The molecule has 2 aromatic carbocycles. The summed E-state index contributed by atoms with van der Waals surface area (Å²) in [4.78, 5) is 12.8. The third-order valence-corrected chi connectivity index (χ3v) is 7.78. The van der Waals surface area contributed by atoms with Crippen molar-refractivity contribution in [2.24, 2.45) is 5.92 Å². The molecule has 1 heterocycles. The van der Waals surface area contributed by atoms with Gasteiger partial charge in [0, 0.05) is 24.0 Å². The lowest BCUT2D eigenvalue weighted by molar-refractivity contribution is -0.126. The van der Waals surface area contributed by atoms with Crippen molar-refractivity contribution in [1.29, 1.82) is 0 Å². The fourth-order valence-corrected chi connectivity index (χ4v) is 5.63. The Bertz CT molecular complexity index is 1030. The predicted octanol–water partition coefficient (Wildman–Crippen LogP) is 4.03. The normalized spacial score (nSPS) is 16.4. The summed E-state index contributed by atoms with van der Waals surface area (Å²) in [6.45, 7) is 4.58. The van der Waals surface area contributed by atoms with Crippen LogP contribution in [0.3, 0.4) is 0 Å². The van der Waals surface area contributed by atoms with Crippen molar-refractivity contribution >= 4 is 27.5 Å². The molecule has 0 bridgehead atoms. The lowest BCUT2D eigenvalue weighted by Crippen LogP contribution is -2.43. The maximum atomic E-state index is 13.2. The minimum atomic E-state index is -3.78.